The Morgan fingerprint density at radius 1 is 1.18 bits per heavy atom. The molecule has 1 heterocycles. The number of benzene rings is 1. The topological polar surface area (TPSA) is 41.9 Å². The summed E-state index contributed by atoms with van der Waals surface area (Å²) in [6.07, 6.45) is 1.94. The third kappa shape index (κ3) is 3.37. The molecule has 0 aliphatic carbocycles. The van der Waals surface area contributed by atoms with Crippen LogP contribution in [-0.4, -0.2) is 44.1 Å². The van der Waals surface area contributed by atoms with Crippen LogP contribution >= 0.6 is 0 Å². The summed E-state index contributed by atoms with van der Waals surface area (Å²) in [6, 6.07) is 8.12. The Kier molecular flexibility index (Phi) is 4.71. The van der Waals surface area contributed by atoms with Crippen molar-refractivity contribution < 1.29 is 14.4 Å². The molecule has 1 aromatic rings. The van der Waals surface area contributed by atoms with E-state index in [0.29, 0.717) is 0 Å². The third-order valence-electron chi connectivity index (χ3n) is 4.48. The van der Waals surface area contributed by atoms with Crippen LogP contribution in [0.4, 0.5) is 5.69 Å². The van der Waals surface area contributed by atoms with E-state index in [0.717, 1.165) is 16.7 Å². The summed E-state index contributed by atoms with van der Waals surface area (Å²) in [5.41, 5.74) is 2.05. The summed E-state index contributed by atoms with van der Waals surface area (Å²) < 4.78 is 12.0. The van der Waals surface area contributed by atoms with Gasteiger partial charge in [-0.25, -0.2) is 0 Å². The van der Waals surface area contributed by atoms with Crippen LogP contribution in [0.3, 0.4) is 0 Å². The summed E-state index contributed by atoms with van der Waals surface area (Å²) in [6.45, 7) is 7.94. The molecule has 1 aliphatic heterocycles. The number of aliphatic hydroxyl groups is 1. The molecule has 0 aromatic heterocycles. The van der Waals surface area contributed by atoms with E-state index < -0.39 is 18.3 Å². The van der Waals surface area contributed by atoms with Crippen LogP contribution in [0, 0.1) is 0 Å². The molecule has 0 saturated carbocycles. The first kappa shape index (κ1) is 17.1. The monoisotopic (exact) mass is 303 g/mol. The smallest absolute Gasteiger partial charge is 0.400 e. The Morgan fingerprint density at radius 3 is 2.27 bits per heavy atom. The van der Waals surface area contributed by atoms with Crippen LogP contribution < -0.4 is 4.90 Å². The summed E-state index contributed by atoms with van der Waals surface area (Å²) in [7, 11) is 3.49. The van der Waals surface area contributed by atoms with E-state index >= 15 is 0 Å². The Labute approximate surface area is 133 Å². The highest BCUT2D eigenvalue weighted by Crippen LogP contribution is 2.38. The van der Waals surface area contributed by atoms with Gasteiger partial charge >= 0.3 is 7.12 Å². The van der Waals surface area contributed by atoms with E-state index in [4.69, 9.17) is 9.31 Å². The van der Waals surface area contributed by atoms with Crippen LogP contribution in [0.15, 0.2) is 29.7 Å². The molecule has 0 unspecified atom stereocenters. The lowest BCUT2D eigenvalue weighted by molar-refractivity contribution is 0.00578. The molecule has 120 valence electrons. The van der Waals surface area contributed by atoms with Crippen LogP contribution in [-0.2, 0) is 9.31 Å². The highest BCUT2D eigenvalue weighted by molar-refractivity contribution is 6.55. The van der Waals surface area contributed by atoms with E-state index in [1.54, 1.807) is 0 Å². The number of hydrogen-bond acceptors (Lipinski definition) is 4. The van der Waals surface area contributed by atoms with Gasteiger partial charge in [0.1, 0.15) is 0 Å². The third-order valence-corrected chi connectivity index (χ3v) is 4.48. The maximum Gasteiger partial charge on any atom is 0.492 e. The van der Waals surface area contributed by atoms with Gasteiger partial charge in [-0.15, -0.1) is 0 Å². The Hall–Kier alpha value is -1.30. The number of nitrogens with zero attached hydrogens (tertiary/aromatic N) is 1. The molecule has 1 fully saturated rings. The van der Waals surface area contributed by atoms with E-state index in [9.17, 15) is 5.11 Å². The predicted molar refractivity (Wildman–Crippen MR) is 91.9 cm³/mol. The SMILES string of the molecule is CN(C)c1cccc(C=C(CO)B2OC(C)(C)C(C)(C)O2)c1. The van der Waals surface area contributed by atoms with Crippen LogP contribution in [0.1, 0.15) is 33.3 Å². The number of anilines is 1. The highest BCUT2D eigenvalue weighted by Gasteiger charge is 2.52. The van der Waals surface area contributed by atoms with E-state index in [1.165, 1.54) is 0 Å². The van der Waals surface area contributed by atoms with Crippen molar-refractivity contribution >= 4 is 18.9 Å². The van der Waals surface area contributed by atoms with Crippen molar-refractivity contribution in [1.82, 2.24) is 0 Å². The molecule has 0 spiro atoms. The maximum absolute atomic E-state index is 9.73. The lowest BCUT2D eigenvalue weighted by Crippen LogP contribution is -2.41. The van der Waals surface area contributed by atoms with E-state index in [1.807, 2.05) is 71.0 Å². The van der Waals surface area contributed by atoms with Crippen molar-refractivity contribution in [3.05, 3.63) is 35.3 Å². The zero-order chi connectivity index (χ0) is 16.5. The summed E-state index contributed by atoms with van der Waals surface area (Å²) in [5.74, 6) is 0. The number of hydrogen-bond donors (Lipinski definition) is 1. The Bertz CT molecular complexity index is 551. The zero-order valence-electron chi connectivity index (χ0n) is 14.4. The molecular weight excluding hydrogens is 277 g/mol. The van der Waals surface area contributed by atoms with Crippen LogP contribution in [0.2, 0.25) is 0 Å². The summed E-state index contributed by atoms with van der Waals surface area (Å²) in [5, 5.41) is 9.73. The fraction of sp³-hybridized carbons (Fsp3) is 0.529. The molecular formula is C17H26BNO3. The van der Waals surface area contributed by atoms with Crippen molar-refractivity contribution in [1.29, 1.82) is 0 Å². The molecule has 0 radical (unpaired) electrons. The molecule has 0 atom stereocenters. The highest BCUT2D eigenvalue weighted by atomic mass is 16.7. The Balaban J connectivity index is 2.27. The van der Waals surface area contributed by atoms with Crippen molar-refractivity contribution in [2.24, 2.45) is 0 Å². The molecule has 1 aromatic carbocycles. The minimum absolute atomic E-state index is 0.0942. The second-order valence-electron chi connectivity index (χ2n) is 6.96. The number of aliphatic hydroxyl groups excluding tert-OH is 1. The van der Waals surface area contributed by atoms with Gasteiger partial charge in [-0.3, -0.25) is 0 Å². The second-order valence-corrected chi connectivity index (χ2v) is 6.96. The normalized spacial score (nSPS) is 20.3. The molecule has 22 heavy (non-hydrogen) atoms. The van der Waals surface area contributed by atoms with Crippen molar-refractivity contribution in [2.75, 3.05) is 25.6 Å². The lowest BCUT2D eigenvalue weighted by atomic mass is 9.77. The summed E-state index contributed by atoms with van der Waals surface area (Å²) in [4.78, 5) is 2.05. The van der Waals surface area contributed by atoms with Crippen LogP contribution in [0.25, 0.3) is 6.08 Å². The van der Waals surface area contributed by atoms with Gasteiger partial charge in [-0.2, -0.15) is 0 Å². The molecule has 0 amide bonds. The van der Waals surface area contributed by atoms with Gasteiger partial charge in [-0.05, 0) is 50.9 Å². The van der Waals surface area contributed by atoms with Gasteiger partial charge in [0.25, 0.3) is 0 Å². The maximum atomic E-state index is 9.73. The minimum Gasteiger partial charge on any atom is -0.400 e. The van der Waals surface area contributed by atoms with Gasteiger partial charge in [0, 0.05) is 19.8 Å². The lowest BCUT2D eigenvalue weighted by Gasteiger charge is -2.32. The fourth-order valence-corrected chi connectivity index (χ4v) is 2.29. The average molecular weight is 303 g/mol. The predicted octanol–water partition coefficient (Wildman–Crippen LogP) is 2.76. The first-order chi connectivity index (χ1) is 10.2. The molecule has 0 bridgehead atoms. The molecule has 1 saturated heterocycles. The van der Waals surface area contributed by atoms with Gasteiger partial charge in [0.05, 0.1) is 17.8 Å². The second kappa shape index (κ2) is 6.07. The molecule has 1 aliphatic rings. The van der Waals surface area contributed by atoms with Crippen molar-refractivity contribution in [3.8, 4) is 0 Å². The minimum atomic E-state index is -0.516. The molecule has 4 nitrogen and oxygen atoms in total. The largest absolute Gasteiger partial charge is 0.492 e. The first-order valence-corrected chi connectivity index (χ1v) is 7.60. The van der Waals surface area contributed by atoms with Gasteiger partial charge in [0.15, 0.2) is 0 Å². The first-order valence-electron chi connectivity index (χ1n) is 7.60. The van der Waals surface area contributed by atoms with Gasteiger partial charge in [0.2, 0.25) is 0 Å². The standard InChI is InChI=1S/C17H26BNO3/c1-16(2)17(3,4)22-18(21-16)14(12-20)10-13-8-7-9-15(11-13)19(5)6/h7-11,20H,12H2,1-6H3. The summed E-state index contributed by atoms with van der Waals surface area (Å²) >= 11 is 0. The van der Waals surface area contributed by atoms with Gasteiger partial charge in [-0.1, -0.05) is 18.2 Å². The van der Waals surface area contributed by atoms with E-state index in [-0.39, 0.29) is 6.61 Å². The average Bonchev–Trinajstić information content (AvgIpc) is 2.65. The number of rotatable bonds is 4. The van der Waals surface area contributed by atoms with Crippen molar-refractivity contribution in [3.63, 3.8) is 0 Å². The van der Waals surface area contributed by atoms with E-state index in [2.05, 4.69) is 6.07 Å². The fourth-order valence-electron chi connectivity index (χ4n) is 2.29. The zero-order valence-corrected chi connectivity index (χ0v) is 14.4. The molecule has 5 heteroatoms. The quantitative estimate of drug-likeness (QED) is 0.869. The molecule has 1 N–H and O–H groups in total. The Morgan fingerprint density at radius 2 is 1.77 bits per heavy atom. The molecule has 2 rings (SSSR count). The van der Waals surface area contributed by atoms with Crippen LogP contribution in [0.5, 0.6) is 0 Å². The van der Waals surface area contributed by atoms with Gasteiger partial charge < -0.3 is 19.3 Å². The van der Waals surface area contributed by atoms with Crippen molar-refractivity contribution in [2.45, 2.75) is 38.9 Å².